The molecule has 2 aliphatic rings. The topological polar surface area (TPSA) is 38.7 Å². The molecule has 0 radical (unpaired) electrons. The summed E-state index contributed by atoms with van der Waals surface area (Å²) in [7, 11) is 0. The van der Waals surface area contributed by atoms with Gasteiger partial charge in [0.1, 0.15) is 0 Å². The fourth-order valence-electron chi connectivity index (χ4n) is 11.5. The second kappa shape index (κ2) is 14.0. The molecular weight excluding hydrogens is 851 g/mol. The number of hydrogen-bond donors (Lipinski definition) is 0. The van der Waals surface area contributed by atoms with Crippen LogP contribution in [0.2, 0.25) is 0 Å². The summed E-state index contributed by atoms with van der Waals surface area (Å²) in [6.45, 7) is 0. The molecule has 15 rings (SSSR count). The highest BCUT2D eigenvalue weighted by Crippen LogP contribution is 2.63. The summed E-state index contributed by atoms with van der Waals surface area (Å²) in [6.07, 6.45) is 0. The molecule has 0 aliphatic heterocycles. The molecule has 3 heterocycles. The average Bonchev–Trinajstić information content (AvgIpc) is 4.13. The number of benzene rings is 10. The summed E-state index contributed by atoms with van der Waals surface area (Å²) in [5.74, 6) is 1.97. The molecule has 0 atom stereocenters. The predicted octanol–water partition coefficient (Wildman–Crippen LogP) is 16.8. The Morgan fingerprint density at radius 2 is 0.851 bits per heavy atom. The second-order valence-electron chi connectivity index (χ2n) is 17.8. The van der Waals surface area contributed by atoms with Gasteiger partial charge in [0.05, 0.1) is 5.41 Å². The normalized spacial score (nSPS) is 13.2. The van der Waals surface area contributed by atoms with Crippen molar-refractivity contribution in [3.05, 3.63) is 235 Å². The van der Waals surface area contributed by atoms with Crippen LogP contribution in [0, 0.1) is 0 Å². The van der Waals surface area contributed by atoms with E-state index in [1.807, 2.05) is 22.7 Å². The van der Waals surface area contributed by atoms with Crippen molar-refractivity contribution in [1.82, 2.24) is 15.0 Å². The van der Waals surface area contributed by atoms with Crippen LogP contribution in [0.1, 0.15) is 22.3 Å². The Morgan fingerprint density at radius 1 is 0.299 bits per heavy atom. The van der Waals surface area contributed by atoms with Gasteiger partial charge in [-0.15, -0.1) is 22.7 Å². The summed E-state index contributed by atoms with van der Waals surface area (Å²) in [5, 5.41) is 7.43. The smallest absolute Gasteiger partial charge is 0.164 e. The lowest BCUT2D eigenvalue weighted by molar-refractivity contribution is 0.794. The first-order chi connectivity index (χ1) is 33.2. The van der Waals surface area contributed by atoms with E-state index in [1.165, 1.54) is 107 Å². The van der Waals surface area contributed by atoms with Crippen molar-refractivity contribution in [1.29, 1.82) is 0 Å². The molecule has 10 aromatic carbocycles. The zero-order chi connectivity index (χ0) is 43.8. The number of nitrogens with zero attached hydrogens (tertiary/aromatic N) is 3. The first-order valence-corrected chi connectivity index (χ1v) is 24.4. The highest BCUT2D eigenvalue weighted by molar-refractivity contribution is 7.27. The zero-order valence-electron chi connectivity index (χ0n) is 35.9. The molecule has 0 amide bonds. The summed E-state index contributed by atoms with van der Waals surface area (Å²) in [5.41, 5.74) is 15.2. The van der Waals surface area contributed by atoms with Gasteiger partial charge in [-0.3, -0.25) is 0 Å². The molecule has 0 saturated heterocycles. The first kappa shape index (κ1) is 37.2. The zero-order valence-corrected chi connectivity index (χ0v) is 37.5. The van der Waals surface area contributed by atoms with E-state index in [4.69, 9.17) is 15.0 Å². The first-order valence-electron chi connectivity index (χ1n) is 22.7. The van der Waals surface area contributed by atoms with E-state index < -0.39 is 5.41 Å². The van der Waals surface area contributed by atoms with Crippen molar-refractivity contribution >= 4 is 73.8 Å². The third-order valence-corrected chi connectivity index (χ3v) is 16.7. The Balaban J connectivity index is 0.954. The minimum Gasteiger partial charge on any atom is -0.208 e. The third-order valence-electron chi connectivity index (χ3n) is 14.4. The van der Waals surface area contributed by atoms with E-state index in [2.05, 4.69) is 212 Å². The lowest BCUT2D eigenvalue weighted by Gasteiger charge is -2.30. The van der Waals surface area contributed by atoms with Crippen LogP contribution in [-0.4, -0.2) is 15.0 Å². The van der Waals surface area contributed by atoms with E-state index in [1.54, 1.807) is 0 Å². The Kier molecular flexibility index (Phi) is 7.74. The Labute approximate surface area is 394 Å². The van der Waals surface area contributed by atoms with E-state index in [0.29, 0.717) is 17.5 Å². The Hall–Kier alpha value is -8.09. The van der Waals surface area contributed by atoms with Crippen LogP contribution in [-0.2, 0) is 5.41 Å². The average molecular weight is 886 g/mol. The largest absolute Gasteiger partial charge is 0.208 e. The molecule has 0 N–H and O–H groups in total. The van der Waals surface area contributed by atoms with Gasteiger partial charge in [0, 0.05) is 57.0 Å². The summed E-state index contributed by atoms with van der Waals surface area (Å²) < 4.78 is 4.96. The molecule has 3 nitrogen and oxygen atoms in total. The van der Waals surface area contributed by atoms with Crippen molar-refractivity contribution in [2.45, 2.75) is 5.41 Å². The van der Waals surface area contributed by atoms with Gasteiger partial charge in [-0.05, 0) is 90.7 Å². The molecular formula is C62H35N3S2. The molecule has 1 spiro atoms. The summed E-state index contributed by atoms with van der Waals surface area (Å²) >= 11 is 3.66. The molecule has 310 valence electrons. The van der Waals surface area contributed by atoms with Crippen molar-refractivity contribution < 1.29 is 0 Å². The minimum absolute atomic E-state index is 0.423. The molecule has 0 bridgehead atoms. The van der Waals surface area contributed by atoms with Crippen LogP contribution >= 0.6 is 22.7 Å². The van der Waals surface area contributed by atoms with Gasteiger partial charge in [0.15, 0.2) is 17.5 Å². The lowest BCUT2D eigenvalue weighted by Crippen LogP contribution is -2.25. The maximum absolute atomic E-state index is 5.46. The van der Waals surface area contributed by atoms with Gasteiger partial charge in [-0.2, -0.15) is 0 Å². The molecule has 0 saturated carbocycles. The Morgan fingerprint density at radius 3 is 1.63 bits per heavy atom. The predicted molar refractivity (Wildman–Crippen MR) is 281 cm³/mol. The highest BCUT2D eigenvalue weighted by Gasteiger charge is 2.51. The van der Waals surface area contributed by atoms with Crippen LogP contribution in [0.3, 0.4) is 0 Å². The van der Waals surface area contributed by atoms with Gasteiger partial charge in [-0.1, -0.05) is 188 Å². The number of aromatic nitrogens is 3. The van der Waals surface area contributed by atoms with Crippen LogP contribution in [0.15, 0.2) is 212 Å². The minimum atomic E-state index is -0.423. The Bertz CT molecular complexity index is 4190. The van der Waals surface area contributed by atoms with E-state index >= 15 is 0 Å². The fourth-order valence-corrected chi connectivity index (χ4v) is 13.9. The molecule has 5 heteroatoms. The van der Waals surface area contributed by atoms with Crippen molar-refractivity contribution in [2.75, 3.05) is 0 Å². The molecule has 0 fully saturated rings. The maximum atomic E-state index is 5.46. The molecule has 2 aliphatic carbocycles. The van der Waals surface area contributed by atoms with E-state index in [0.717, 1.165) is 16.7 Å². The van der Waals surface area contributed by atoms with Crippen LogP contribution in [0.5, 0.6) is 0 Å². The summed E-state index contributed by atoms with van der Waals surface area (Å²) in [4.78, 5) is 16.3. The van der Waals surface area contributed by atoms with E-state index in [-0.39, 0.29) is 0 Å². The molecule has 67 heavy (non-hydrogen) atoms. The van der Waals surface area contributed by atoms with E-state index in [9.17, 15) is 0 Å². The monoisotopic (exact) mass is 885 g/mol. The lowest BCUT2D eigenvalue weighted by atomic mass is 9.70. The van der Waals surface area contributed by atoms with Gasteiger partial charge >= 0.3 is 0 Å². The van der Waals surface area contributed by atoms with Crippen molar-refractivity contribution in [3.63, 3.8) is 0 Å². The quantitative estimate of drug-likeness (QED) is 0.177. The molecule has 3 aromatic heterocycles. The third kappa shape index (κ3) is 5.24. The SMILES string of the molecule is c1ccc(-c2ccc3c(c2)sc2cccc(-c4nc(-c5ccc6c(c5)-c5ccccc5C65c6ccccc6-c6ccccc65)nc(-c5ccc6c(c5)sc5c7ccccc7ccc65)n4)c23)cc1. The standard InChI is InChI=1S/C62H35N3S2/c1-2-13-36(14-3-1)38-26-31-47-56(34-38)66-54-24-12-20-48(57(47)54)61-64-59(63-60(65-61)40-27-29-45-46-30-25-37-15-4-5-16-41(37)58(46)67-55(45)35-40)39-28-32-53-49(33-39)44-19-8-11-23-52(44)62(53)50-21-9-6-17-42(50)43-18-7-10-22-51(43)62/h1-35H. The van der Waals surface area contributed by atoms with Crippen LogP contribution in [0.4, 0.5) is 0 Å². The van der Waals surface area contributed by atoms with Crippen molar-refractivity contribution in [2.24, 2.45) is 0 Å². The van der Waals surface area contributed by atoms with Gasteiger partial charge in [0.2, 0.25) is 0 Å². The second-order valence-corrected chi connectivity index (χ2v) is 19.9. The highest BCUT2D eigenvalue weighted by atomic mass is 32.1. The number of hydrogen-bond acceptors (Lipinski definition) is 5. The number of thiophene rings is 2. The number of rotatable bonds is 4. The van der Waals surface area contributed by atoms with Gasteiger partial charge in [0.25, 0.3) is 0 Å². The van der Waals surface area contributed by atoms with Gasteiger partial charge < -0.3 is 0 Å². The molecule has 0 unspecified atom stereocenters. The summed E-state index contributed by atoms with van der Waals surface area (Å²) in [6, 6.07) is 77.7. The molecule has 13 aromatic rings. The van der Waals surface area contributed by atoms with Gasteiger partial charge in [-0.25, -0.2) is 15.0 Å². The van der Waals surface area contributed by atoms with Crippen molar-refractivity contribution in [3.8, 4) is 67.5 Å². The van der Waals surface area contributed by atoms with Crippen LogP contribution in [0.25, 0.3) is 119 Å². The van der Waals surface area contributed by atoms with Crippen LogP contribution < -0.4 is 0 Å². The number of fused-ring (bicyclic) bond motifs is 18. The fraction of sp³-hybridized carbons (Fsp3) is 0.0161. The maximum Gasteiger partial charge on any atom is 0.164 e.